The van der Waals surface area contributed by atoms with Gasteiger partial charge in [-0.1, -0.05) is 12.1 Å². The summed E-state index contributed by atoms with van der Waals surface area (Å²) < 4.78 is 5.57. The summed E-state index contributed by atoms with van der Waals surface area (Å²) in [7, 11) is 0. The maximum absolute atomic E-state index is 8.49. The molecular formula is C10H15N3O2. The molecule has 82 valence electrons. The van der Waals surface area contributed by atoms with Crippen LogP contribution >= 0.6 is 0 Å². The molecule has 5 nitrogen and oxygen atoms in total. The number of ether oxygens (including phenoxy) is 1. The van der Waals surface area contributed by atoms with Crippen LogP contribution in [0.5, 0.6) is 5.75 Å². The summed E-state index contributed by atoms with van der Waals surface area (Å²) in [6.07, 6.45) is 2.61. The maximum atomic E-state index is 8.49. The lowest BCUT2D eigenvalue weighted by Crippen LogP contribution is -2.16. The number of nitrogens with zero attached hydrogens (tertiary/aromatic N) is 2. The molecule has 0 bridgehead atoms. The molecule has 0 saturated carbocycles. The van der Waals surface area contributed by atoms with Crippen LogP contribution in [0.4, 0.5) is 0 Å². The van der Waals surface area contributed by atoms with Gasteiger partial charge in [0.1, 0.15) is 11.4 Å². The van der Waals surface area contributed by atoms with Crippen molar-refractivity contribution in [1.29, 1.82) is 0 Å². The van der Waals surface area contributed by atoms with Crippen molar-refractivity contribution < 1.29 is 9.94 Å². The van der Waals surface area contributed by atoms with E-state index in [2.05, 4.69) is 10.1 Å². The van der Waals surface area contributed by atoms with E-state index in [1.165, 1.54) is 0 Å². The Bertz CT molecular complexity index is 352. The highest BCUT2D eigenvalue weighted by atomic mass is 16.5. The zero-order valence-electron chi connectivity index (χ0n) is 8.84. The van der Waals surface area contributed by atoms with Crippen molar-refractivity contribution in [3.63, 3.8) is 0 Å². The summed E-state index contributed by atoms with van der Waals surface area (Å²) in [5.74, 6) is 0.644. The first-order valence-electron chi connectivity index (χ1n) is 4.78. The quantitative estimate of drug-likeness (QED) is 0.339. The van der Waals surface area contributed by atoms with Gasteiger partial charge in [0.25, 0.3) is 0 Å². The number of rotatable bonds is 4. The van der Waals surface area contributed by atoms with Crippen LogP contribution in [-0.4, -0.2) is 22.1 Å². The van der Waals surface area contributed by atoms with Gasteiger partial charge in [-0.3, -0.25) is 4.98 Å². The van der Waals surface area contributed by atoms with Gasteiger partial charge >= 0.3 is 0 Å². The fourth-order valence-electron chi connectivity index (χ4n) is 0.991. The number of nitrogens with two attached hydrogens (primary N) is 1. The molecule has 15 heavy (non-hydrogen) atoms. The molecule has 0 spiro atoms. The minimum absolute atomic E-state index is 0.0235. The third-order valence-electron chi connectivity index (χ3n) is 2.01. The Balaban J connectivity index is 2.83. The topological polar surface area (TPSA) is 80.7 Å². The van der Waals surface area contributed by atoms with E-state index < -0.39 is 0 Å². The van der Waals surface area contributed by atoms with Crippen molar-refractivity contribution in [2.45, 2.75) is 26.4 Å². The first kappa shape index (κ1) is 11.3. The third kappa shape index (κ3) is 3.12. The van der Waals surface area contributed by atoms with Crippen molar-refractivity contribution in [3.05, 3.63) is 24.0 Å². The number of hydrogen-bond acceptors (Lipinski definition) is 4. The van der Waals surface area contributed by atoms with Gasteiger partial charge in [0.2, 0.25) is 0 Å². The van der Waals surface area contributed by atoms with Crippen molar-refractivity contribution in [1.82, 2.24) is 4.98 Å². The molecule has 0 aliphatic carbocycles. The van der Waals surface area contributed by atoms with Crippen LogP contribution in [0, 0.1) is 0 Å². The van der Waals surface area contributed by atoms with Crippen LogP contribution in [-0.2, 0) is 0 Å². The Morgan fingerprint density at radius 3 is 3.07 bits per heavy atom. The summed E-state index contributed by atoms with van der Waals surface area (Å²) in [6, 6.07) is 3.38. The molecule has 3 N–H and O–H groups in total. The lowest BCUT2D eigenvalue weighted by atomic mass is 10.3. The monoisotopic (exact) mass is 209 g/mol. The van der Waals surface area contributed by atoms with Gasteiger partial charge in [-0.15, -0.1) is 0 Å². The van der Waals surface area contributed by atoms with Gasteiger partial charge in [-0.25, -0.2) is 0 Å². The number of oxime groups is 1. The highest BCUT2D eigenvalue weighted by Gasteiger charge is 2.05. The van der Waals surface area contributed by atoms with E-state index in [4.69, 9.17) is 15.7 Å². The van der Waals surface area contributed by atoms with E-state index >= 15 is 0 Å². The largest absolute Gasteiger partial charge is 0.491 e. The molecule has 1 aromatic heterocycles. The summed E-state index contributed by atoms with van der Waals surface area (Å²) >= 11 is 0. The Hall–Kier alpha value is -1.78. The summed E-state index contributed by atoms with van der Waals surface area (Å²) in [6.45, 7) is 4.01. The first-order valence-corrected chi connectivity index (χ1v) is 4.78. The van der Waals surface area contributed by atoms with Crippen LogP contribution in [0.15, 0.2) is 23.5 Å². The van der Waals surface area contributed by atoms with Gasteiger partial charge in [0, 0.05) is 12.3 Å². The normalized spacial score (nSPS) is 13.6. The molecule has 0 saturated heterocycles. The van der Waals surface area contributed by atoms with Crippen LogP contribution in [0.3, 0.4) is 0 Å². The van der Waals surface area contributed by atoms with Crippen molar-refractivity contribution in [3.8, 4) is 5.75 Å². The number of hydrogen-bond donors (Lipinski definition) is 2. The second kappa shape index (κ2) is 5.19. The second-order valence-electron chi connectivity index (χ2n) is 3.20. The van der Waals surface area contributed by atoms with E-state index in [9.17, 15) is 0 Å². The zero-order valence-corrected chi connectivity index (χ0v) is 8.84. The van der Waals surface area contributed by atoms with Crippen molar-refractivity contribution in [2.75, 3.05) is 0 Å². The van der Waals surface area contributed by atoms with Crippen molar-refractivity contribution >= 4 is 5.84 Å². The fourth-order valence-corrected chi connectivity index (χ4v) is 0.991. The molecule has 0 aliphatic rings. The van der Waals surface area contributed by atoms with Crippen LogP contribution in [0.2, 0.25) is 0 Å². The van der Waals surface area contributed by atoms with Gasteiger partial charge < -0.3 is 15.7 Å². The highest BCUT2D eigenvalue weighted by molar-refractivity contribution is 5.95. The number of aromatic nitrogens is 1. The Labute approximate surface area is 88.6 Å². The maximum Gasteiger partial charge on any atom is 0.188 e. The molecule has 1 atom stereocenters. The Morgan fingerprint density at radius 2 is 2.47 bits per heavy atom. The van der Waals surface area contributed by atoms with E-state index in [-0.39, 0.29) is 11.9 Å². The van der Waals surface area contributed by atoms with Gasteiger partial charge in [0.15, 0.2) is 5.84 Å². The predicted octanol–water partition coefficient (Wildman–Crippen LogP) is 1.35. The second-order valence-corrected chi connectivity index (χ2v) is 3.20. The van der Waals surface area contributed by atoms with Crippen molar-refractivity contribution in [2.24, 2.45) is 10.9 Å². The molecule has 5 heteroatoms. The zero-order chi connectivity index (χ0) is 11.3. The molecule has 0 aromatic carbocycles. The standard InChI is InChI=1S/C10H15N3O2/c1-3-7(2)15-8-4-5-12-9(6-8)10(11)13-14/h4-7,14H,3H2,1-2H3,(H2,11,13). The number of amidine groups is 1. The molecule has 1 rings (SSSR count). The molecule has 1 heterocycles. The van der Waals surface area contributed by atoms with E-state index in [1.807, 2.05) is 13.8 Å². The lowest BCUT2D eigenvalue weighted by Gasteiger charge is -2.12. The molecule has 1 unspecified atom stereocenters. The van der Waals surface area contributed by atoms with Gasteiger partial charge in [-0.2, -0.15) is 0 Å². The minimum atomic E-state index is -0.0235. The average molecular weight is 209 g/mol. The highest BCUT2D eigenvalue weighted by Crippen LogP contribution is 2.13. The van der Waals surface area contributed by atoms with Crippen LogP contribution < -0.4 is 10.5 Å². The summed E-state index contributed by atoms with van der Waals surface area (Å²) in [5.41, 5.74) is 5.81. The Morgan fingerprint density at radius 1 is 1.73 bits per heavy atom. The third-order valence-corrected chi connectivity index (χ3v) is 2.01. The minimum Gasteiger partial charge on any atom is -0.491 e. The fraction of sp³-hybridized carbons (Fsp3) is 0.400. The summed E-state index contributed by atoms with van der Waals surface area (Å²) in [4.78, 5) is 3.95. The molecule has 0 radical (unpaired) electrons. The summed E-state index contributed by atoms with van der Waals surface area (Å²) in [5, 5.41) is 11.4. The van der Waals surface area contributed by atoms with Crippen LogP contribution in [0.25, 0.3) is 0 Å². The van der Waals surface area contributed by atoms with Gasteiger partial charge in [-0.05, 0) is 19.4 Å². The van der Waals surface area contributed by atoms with Gasteiger partial charge in [0.05, 0.1) is 6.10 Å². The first-order chi connectivity index (χ1) is 7.17. The Kier molecular flexibility index (Phi) is 3.91. The molecule has 0 fully saturated rings. The number of pyridine rings is 1. The lowest BCUT2D eigenvalue weighted by molar-refractivity contribution is 0.217. The van der Waals surface area contributed by atoms with E-state index in [0.717, 1.165) is 6.42 Å². The predicted molar refractivity (Wildman–Crippen MR) is 57.1 cm³/mol. The van der Waals surface area contributed by atoms with Crippen LogP contribution in [0.1, 0.15) is 26.0 Å². The molecule has 0 amide bonds. The average Bonchev–Trinajstić information content (AvgIpc) is 2.28. The smallest absolute Gasteiger partial charge is 0.188 e. The molecular weight excluding hydrogens is 194 g/mol. The van der Waals surface area contributed by atoms with E-state index in [0.29, 0.717) is 11.4 Å². The molecule has 0 aliphatic heterocycles. The SMILES string of the molecule is CCC(C)Oc1ccnc(C(N)=NO)c1. The van der Waals surface area contributed by atoms with E-state index in [1.54, 1.807) is 18.3 Å². The molecule has 1 aromatic rings.